The number of carboxylic acids is 1. The van der Waals surface area contributed by atoms with Crippen LogP contribution in [0.15, 0.2) is 54.6 Å². The summed E-state index contributed by atoms with van der Waals surface area (Å²) in [5.41, 5.74) is 1.68. The molecule has 3 rings (SSSR count). The molecule has 2 aromatic carbocycles. The number of thioether (sulfide) groups is 1. The molecule has 2 amide bonds. The number of aryl methyl sites for hydroxylation is 1. The van der Waals surface area contributed by atoms with Crippen molar-refractivity contribution in [1.29, 1.82) is 0 Å². The lowest BCUT2D eigenvalue weighted by Crippen LogP contribution is -2.51. The van der Waals surface area contributed by atoms with Crippen molar-refractivity contribution in [2.24, 2.45) is 5.41 Å². The summed E-state index contributed by atoms with van der Waals surface area (Å²) in [6, 6.07) is 15.7. The lowest BCUT2D eigenvalue weighted by molar-refractivity contribution is -0.137. The van der Waals surface area contributed by atoms with E-state index in [2.05, 4.69) is 5.32 Å². The van der Waals surface area contributed by atoms with Gasteiger partial charge >= 0.3 is 5.97 Å². The Morgan fingerprint density at radius 1 is 1.09 bits per heavy atom. The zero-order valence-electron chi connectivity index (χ0n) is 19.6. The van der Waals surface area contributed by atoms with E-state index in [1.165, 1.54) is 4.90 Å². The first-order chi connectivity index (χ1) is 16.1. The third kappa shape index (κ3) is 6.47. The van der Waals surface area contributed by atoms with Gasteiger partial charge in [-0.1, -0.05) is 81.1 Å². The number of carboxylic acid groups (broad SMARTS) is 1. The largest absolute Gasteiger partial charge is 0.480 e. The molecule has 0 radical (unpaired) electrons. The molecule has 180 valence electrons. The Bertz CT molecular complexity index is 1060. The van der Waals surface area contributed by atoms with E-state index in [9.17, 15) is 24.3 Å². The minimum Gasteiger partial charge on any atom is -0.480 e. The number of benzene rings is 2. The summed E-state index contributed by atoms with van der Waals surface area (Å²) in [6.07, 6.45) is 1.19. The van der Waals surface area contributed by atoms with E-state index in [4.69, 9.17) is 0 Å². The average Bonchev–Trinajstić information content (AvgIpc) is 2.90. The fourth-order valence-electron chi connectivity index (χ4n) is 3.73. The number of para-hydroxylation sites is 1. The van der Waals surface area contributed by atoms with E-state index >= 15 is 0 Å². The predicted molar refractivity (Wildman–Crippen MR) is 133 cm³/mol. The normalized spacial score (nSPS) is 16.9. The summed E-state index contributed by atoms with van der Waals surface area (Å²) in [5.74, 6) is -2.01. The highest BCUT2D eigenvalue weighted by atomic mass is 32.2. The lowest BCUT2D eigenvalue weighted by Gasteiger charge is -2.26. The third-order valence-corrected chi connectivity index (χ3v) is 7.07. The lowest BCUT2D eigenvalue weighted by atomic mass is 9.99. The number of fused-ring (bicyclic) bond motifs is 1. The van der Waals surface area contributed by atoms with E-state index in [0.29, 0.717) is 24.9 Å². The number of amides is 2. The van der Waals surface area contributed by atoms with Crippen LogP contribution in [0.4, 0.5) is 5.69 Å². The number of hydrogen-bond donors (Lipinski definition) is 2. The van der Waals surface area contributed by atoms with Crippen LogP contribution in [0.3, 0.4) is 0 Å². The van der Waals surface area contributed by atoms with Crippen LogP contribution in [-0.2, 0) is 32.0 Å². The maximum atomic E-state index is 13.4. The molecule has 8 heteroatoms. The zero-order valence-corrected chi connectivity index (χ0v) is 20.4. The van der Waals surface area contributed by atoms with Gasteiger partial charge in [0.15, 0.2) is 5.12 Å². The molecule has 0 saturated heterocycles. The second kappa shape index (κ2) is 10.9. The maximum Gasteiger partial charge on any atom is 0.323 e. The smallest absolute Gasteiger partial charge is 0.323 e. The number of anilines is 1. The minimum absolute atomic E-state index is 0.115. The van der Waals surface area contributed by atoms with Crippen LogP contribution in [0.2, 0.25) is 0 Å². The van der Waals surface area contributed by atoms with Crippen LogP contribution in [0.1, 0.15) is 38.3 Å². The molecule has 0 spiro atoms. The van der Waals surface area contributed by atoms with Gasteiger partial charge in [0, 0.05) is 11.1 Å². The molecule has 0 bridgehead atoms. The average molecular weight is 483 g/mol. The van der Waals surface area contributed by atoms with Crippen molar-refractivity contribution in [2.45, 2.75) is 51.3 Å². The van der Waals surface area contributed by atoms with Gasteiger partial charge in [0.25, 0.3) is 0 Å². The standard InChI is InChI=1S/C26H30N2O5S/c1-26(2,3)25(33)34-21(15-17-9-5-4-6-10-17)23(31)27-19-14-13-18-11-7-8-12-20(18)28(24(19)32)16-22(29)30/h4-12,19,21H,13-16H2,1-3H3,(H,27,31)(H,29,30). The first kappa shape index (κ1) is 25.5. The SMILES string of the molecule is CC(C)(C)C(=O)SC(Cc1ccccc1)C(=O)NC1CCc2ccccc2N(CC(=O)O)C1=O. The highest BCUT2D eigenvalue weighted by Crippen LogP contribution is 2.30. The second-order valence-electron chi connectivity index (χ2n) is 9.38. The second-order valence-corrected chi connectivity index (χ2v) is 10.6. The molecule has 1 aliphatic rings. The Morgan fingerprint density at radius 2 is 1.74 bits per heavy atom. The highest BCUT2D eigenvalue weighted by molar-refractivity contribution is 8.14. The van der Waals surface area contributed by atoms with Gasteiger partial charge in [0.05, 0.1) is 5.25 Å². The van der Waals surface area contributed by atoms with Crippen molar-refractivity contribution in [3.8, 4) is 0 Å². The molecule has 1 heterocycles. The van der Waals surface area contributed by atoms with Gasteiger partial charge in [-0.25, -0.2) is 0 Å². The van der Waals surface area contributed by atoms with Crippen LogP contribution in [-0.4, -0.2) is 45.8 Å². The monoisotopic (exact) mass is 482 g/mol. The minimum atomic E-state index is -1.14. The fraction of sp³-hybridized carbons (Fsp3) is 0.385. The molecule has 2 aromatic rings. The molecule has 1 aliphatic heterocycles. The van der Waals surface area contributed by atoms with Crippen molar-refractivity contribution in [2.75, 3.05) is 11.4 Å². The molecule has 0 aromatic heterocycles. The van der Waals surface area contributed by atoms with E-state index in [1.807, 2.05) is 42.5 Å². The molecule has 0 aliphatic carbocycles. The van der Waals surface area contributed by atoms with Crippen molar-refractivity contribution >= 4 is 40.3 Å². The first-order valence-corrected chi connectivity index (χ1v) is 12.1. The van der Waals surface area contributed by atoms with E-state index < -0.39 is 41.0 Å². The molecule has 2 unspecified atom stereocenters. The molecule has 2 atom stereocenters. The van der Waals surface area contributed by atoms with E-state index in [0.717, 1.165) is 22.9 Å². The van der Waals surface area contributed by atoms with E-state index in [1.54, 1.807) is 32.9 Å². The number of aliphatic carboxylic acids is 1. The summed E-state index contributed by atoms with van der Waals surface area (Å²) < 4.78 is 0. The number of rotatable bonds is 7. The number of carbonyl (C=O) groups is 4. The van der Waals surface area contributed by atoms with Crippen molar-refractivity contribution in [3.05, 3.63) is 65.7 Å². The van der Waals surface area contributed by atoms with Gasteiger partial charge in [0.1, 0.15) is 12.6 Å². The summed E-state index contributed by atoms with van der Waals surface area (Å²) in [4.78, 5) is 52.1. The summed E-state index contributed by atoms with van der Waals surface area (Å²) in [6.45, 7) is 4.91. The zero-order chi connectivity index (χ0) is 24.9. The molecular weight excluding hydrogens is 452 g/mol. The number of nitrogens with one attached hydrogen (secondary N) is 1. The summed E-state index contributed by atoms with van der Waals surface area (Å²) >= 11 is 0.978. The van der Waals surface area contributed by atoms with Gasteiger partial charge in [-0.2, -0.15) is 0 Å². The number of hydrogen-bond acceptors (Lipinski definition) is 5. The van der Waals surface area contributed by atoms with Gasteiger partial charge in [-0.3, -0.25) is 24.1 Å². The van der Waals surface area contributed by atoms with Gasteiger partial charge < -0.3 is 10.4 Å². The van der Waals surface area contributed by atoms with Crippen molar-refractivity contribution in [3.63, 3.8) is 0 Å². The Balaban J connectivity index is 1.83. The van der Waals surface area contributed by atoms with Gasteiger partial charge in [-0.15, -0.1) is 0 Å². The third-order valence-electron chi connectivity index (χ3n) is 5.58. The predicted octanol–water partition coefficient (Wildman–Crippen LogP) is 3.45. The van der Waals surface area contributed by atoms with Crippen molar-refractivity contribution in [1.82, 2.24) is 5.32 Å². The molecule has 34 heavy (non-hydrogen) atoms. The first-order valence-electron chi connectivity index (χ1n) is 11.2. The van der Waals surface area contributed by atoms with Crippen LogP contribution in [0.5, 0.6) is 0 Å². The number of carbonyl (C=O) groups excluding carboxylic acids is 3. The quantitative estimate of drug-likeness (QED) is 0.627. The van der Waals surface area contributed by atoms with Crippen LogP contribution in [0.25, 0.3) is 0 Å². The molecule has 7 nitrogen and oxygen atoms in total. The van der Waals surface area contributed by atoms with Crippen molar-refractivity contribution < 1.29 is 24.3 Å². The summed E-state index contributed by atoms with van der Waals surface area (Å²) in [5, 5.41) is 11.4. The van der Waals surface area contributed by atoms with Crippen LogP contribution in [0, 0.1) is 5.41 Å². The molecular formula is C26H30N2O5S. The van der Waals surface area contributed by atoms with Gasteiger partial charge in [-0.05, 0) is 36.5 Å². The Morgan fingerprint density at radius 3 is 2.38 bits per heavy atom. The van der Waals surface area contributed by atoms with Crippen LogP contribution < -0.4 is 10.2 Å². The Hall–Kier alpha value is -3.13. The molecule has 0 fully saturated rings. The summed E-state index contributed by atoms with van der Waals surface area (Å²) in [7, 11) is 0. The Labute approximate surface area is 203 Å². The highest BCUT2D eigenvalue weighted by Gasteiger charge is 2.35. The maximum absolute atomic E-state index is 13.4. The number of nitrogens with zero attached hydrogens (tertiary/aromatic N) is 1. The molecule has 2 N–H and O–H groups in total. The van der Waals surface area contributed by atoms with Crippen LogP contribution >= 0.6 is 11.8 Å². The fourth-order valence-corrected chi connectivity index (χ4v) is 4.80. The topological polar surface area (TPSA) is 104 Å². The Kier molecular flexibility index (Phi) is 8.15. The van der Waals surface area contributed by atoms with Gasteiger partial charge in [0.2, 0.25) is 11.8 Å². The van der Waals surface area contributed by atoms with E-state index in [-0.39, 0.29) is 5.12 Å². The molecule has 0 saturated carbocycles.